The van der Waals surface area contributed by atoms with E-state index in [1.54, 1.807) is 0 Å². The fraction of sp³-hybridized carbons (Fsp3) is 0.571. The van der Waals surface area contributed by atoms with Gasteiger partial charge < -0.3 is 5.32 Å². The first kappa shape index (κ1) is 14.3. The van der Waals surface area contributed by atoms with Crippen LogP contribution in [-0.2, 0) is 12.7 Å². The van der Waals surface area contributed by atoms with Gasteiger partial charge in [0, 0.05) is 12.1 Å². The van der Waals surface area contributed by atoms with Crippen molar-refractivity contribution in [2.45, 2.75) is 50.9 Å². The van der Waals surface area contributed by atoms with Gasteiger partial charge in [-0.25, -0.2) is 4.39 Å². The van der Waals surface area contributed by atoms with Gasteiger partial charge in [-0.3, -0.25) is 0 Å². The van der Waals surface area contributed by atoms with E-state index in [1.165, 1.54) is 6.07 Å². The Morgan fingerprint density at radius 3 is 2.42 bits per heavy atom. The van der Waals surface area contributed by atoms with Crippen LogP contribution in [0.3, 0.4) is 0 Å². The Kier molecular flexibility index (Phi) is 3.85. The van der Waals surface area contributed by atoms with E-state index < -0.39 is 17.6 Å². The molecule has 19 heavy (non-hydrogen) atoms. The molecule has 106 valence electrons. The molecule has 1 saturated carbocycles. The molecule has 0 spiro atoms. The van der Waals surface area contributed by atoms with Crippen molar-refractivity contribution in [1.82, 2.24) is 5.32 Å². The zero-order valence-electron chi connectivity index (χ0n) is 10.8. The van der Waals surface area contributed by atoms with Gasteiger partial charge in [-0.15, -0.1) is 0 Å². The Labute approximate surface area is 110 Å². The number of hydrogen-bond acceptors (Lipinski definition) is 1. The highest BCUT2D eigenvalue weighted by atomic mass is 19.4. The van der Waals surface area contributed by atoms with Crippen molar-refractivity contribution in [2.24, 2.45) is 0 Å². The first-order chi connectivity index (χ1) is 8.86. The van der Waals surface area contributed by atoms with Gasteiger partial charge in [-0.05, 0) is 43.4 Å². The maximum atomic E-state index is 13.0. The van der Waals surface area contributed by atoms with E-state index in [4.69, 9.17) is 0 Å². The van der Waals surface area contributed by atoms with Gasteiger partial charge in [-0.2, -0.15) is 13.2 Å². The summed E-state index contributed by atoms with van der Waals surface area (Å²) in [5, 5.41) is 3.21. The second-order valence-corrected chi connectivity index (χ2v) is 5.14. The van der Waals surface area contributed by atoms with Gasteiger partial charge in [0.25, 0.3) is 0 Å². The number of hydrogen-bond donors (Lipinski definition) is 1. The standard InChI is InChI=1S/C14H17F4N/c1-2-13(6-3-7-13)19-9-10-4-5-11(15)8-12(10)14(16,17)18/h4-5,8,19H,2-3,6-7,9H2,1H3. The molecule has 0 amide bonds. The quantitative estimate of drug-likeness (QED) is 0.809. The van der Waals surface area contributed by atoms with E-state index in [0.717, 1.165) is 31.7 Å². The zero-order valence-corrected chi connectivity index (χ0v) is 10.8. The molecule has 0 radical (unpaired) electrons. The zero-order chi connectivity index (χ0) is 14.1. The van der Waals surface area contributed by atoms with E-state index in [9.17, 15) is 17.6 Å². The summed E-state index contributed by atoms with van der Waals surface area (Å²) in [5.74, 6) is -0.857. The lowest BCUT2D eigenvalue weighted by Gasteiger charge is -2.42. The van der Waals surface area contributed by atoms with Crippen LogP contribution in [0.1, 0.15) is 43.7 Å². The normalized spacial score (nSPS) is 18.2. The predicted molar refractivity (Wildman–Crippen MR) is 65.1 cm³/mol. The number of rotatable bonds is 4. The Morgan fingerprint density at radius 2 is 1.95 bits per heavy atom. The Bertz CT molecular complexity index is 444. The fourth-order valence-corrected chi connectivity index (χ4v) is 2.51. The summed E-state index contributed by atoms with van der Waals surface area (Å²) in [4.78, 5) is 0. The monoisotopic (exact) mass is 275 g/mol. The molecule has 0 atom stereocenters. The van der Waals surface area contributed by atoms with Gasteiger partial charge >= 0.3 is 6.18 Å². The highest BCUT2D eigenvalue weighted by Gasteiger charge is 2.37. The van der Waals surface area contributed by atoms with Crippen LogP contribution in [0.5, 0.6) is 0 Å². The molecular formula is C14H17F4N. The summed E-state index contributed by atoms with van der Waals surface area (Å²) in [6.45, 7) is 2.16. The summed E-state index contributed by atoms with van der Waals surface area (Å²) in [7, 11) is 0. The predicted octanol–water partition coefficient (Wildman–Crippen LogP) is 4.27. The minimum absolute atomic E-state index is 0.0305. The molecule has 0 saturated heterocycles. The average molecular weight is 275 g/mol. The molecule has 1 aromatic carbocycles. The van der Waals surface area contributed by atoms with E-state index >= 15 is 0 Å². The number of benzene rings is 1. The minimum atomic E-state index is -4.52. The largest absolute Gasteiger partial charge is 0.416 e. The number of halogens is 4. The molecule has 1 fully saturated rings. The second-order valence-electron chi connectivity index (χ2n) is 5.14. The summed E-state index contributed by atoms with van der Waals surface area (Å²) < 4.78 is 51.5. The highest BCUT2D eigenvalue weighted by Crippen LogP contribution is 2.36. The summed E-state index contributed by atoms with van der Waals surface area (Å²) in [6.07, 6.45) is -0.526. The molecule has 0 aromatic heterocycles. The Morgan fingerprint density at radius 1 is 1.26 bits per heavy atom. The van der Waals surface area contributed by atoms with Crippen molar-refractivity contribution < 1.29 is 17.6 Å². The van der Waals surface area contributed by atoms with Crippen molar-refractivity contribution in [2.75, 3.05) is 0 Å². The van der Waals surface area contributed by atoms with Crippen molar-refractivity contribution in [1.29, 1.82) is 0 Å². The van der Waals surface area contributed by atoms with Gasteiger partial charge in [0.05, 0.1) is 5.56 Å². The third-order valence-corrected chi connectivity index (χ3v) is 4.02. The van der Waals surface area contributed by atoms with Gasteiger partial charge in [0.1, 0.15) is 5.82 Å². The van der Waals surface area contributed by atoms with Crippen LogP contribution in [-0.4, -0.2) is 5.54 Å². The summed E-state index contributed by atoms with van der Waals surface area (Å²) in [5.41, 5.74) is -0.809. The van der Waals surface area contributed by atoms with E-state index in [1.807, 2.05) is 6.92 Å². The molecule has 1 aromatic rings. The number of nitrogens with one attached hydrogen (secondary N) is 1. The molecule has 1 nitrogen and oxygen atoms in total. The van der Waals surface area contributed by atoms with Crippen molar-refractivity contribution in [3.05, 3.63) is 35.1 Å². The van der Waals surface area contributed by atoms with Gasteiger partial charge in [0.2, 0.25) is 0 Å². The molecule has 0 unspecified atom stereocenters. The first-order valence-corrected chi connectivity index (χ1v) is 6.47. The molecule has 0 aliphatic heterocycles. The first-order valence-electron chi connectivity index (χ1n) is 6.47. The molecule has 1 aliphatic carbocycles. The van der Waals surface area contributed by atoms with Crippen LogP contribution in [0.2, 0.25) is 0 Å². The SMILES string of the molecule is CCC1(NCc2ccc(F)cc2C(F)(F)F)CCC1. The van der Waals surface area contributed by atoms with Gasteiger partial charge in [-0.1, -0.05) is 13.0 Å². The molecular weight excluding hydrogens is 258 g/mol. The van der Waals surface area contributed by atoms with Crippen LogP contribution < -0.4 is 5.32 Å². The lowest BCUT2D eigenvalue weighted by molar-refractivity contribution is -0.138. The molecule has 5 heteroatoms. The number of alkyl halides is 3. The van der Waals surface area contributed by atoms with E-state index in [2.05, 4.69) is 5.32 Å². The minimum Gasteiger partial charge on any atom is -0.307 e. The maximum Gasteiger partial charge on any atom is 0.416 e. The van der Waals surface area contributed by atoms with Gasteiger partial charge in [0.15, 0.2) is 0 Å². The molecule has 1 N–H and O–H groups in total. The van der Waals surface area contributed by atoms with Crippen LogP contribution in [0.15, 0.2) is 18.2 Å². The van der Waals surface area contributed by atoms with Crippen LogP contribution in [0.25, 0.3) is 0 Å². The maximum absolute atomic E-state index is 13.0. The third-order valence-electron chi connectivity index (χ3n) is 4.02. The van der Waals surface area contributed by atoms with Crippen molar-refractivity contribution >= 4 is 0 Å². The molecule has 1 aliphatic rings. The molecule has 0 heterocycles. The Hall–Kier alpha value is -1.10. The second kappa shape index (κ2) is 5.12. The molecule has 2 rings (SSSR count). The Balaban J connectivity index is 2.16. The van der Waals surface area contributed by atoms with E-state index in [0.29, 0.717) is 6.07 Å². The smallest absolute Gasteiger partial charge is 0.307 e. The third kappa shape index (κ3) is 3.08. The summed E-state index contributed by atoms with van der Waals surface area (Å²) in [6, 6.07) is 2.86. The van der Waals surface area contributed by atoms with Crippen LogP contribution in [0, 0.1) is 5.82 Å². The topological polar surface area (TPSA) is 12.0 Å². The average Bonchev–Trinajstić information content (AvgIpc) is 2.28. The van der Waals surface area contributed by atoms with Crippen molar-refractivity contribution in [3.8, 4) is 0 Å². The van der Waals surface area contributed by atoms with E-state index in [-0.39, 0.29) is 17.6 Å². The lowest BCUT2D eigenvalue weighted by atomic mass is 9.75. The van der Waals surface area contributed by atoms with Crippen LogP contribution >= 0.6 is 0 Å². The molecule has 0 bridgehead atoms. The fourth-order valence-electron chi connectivity index (χ4n) is 2.51. The van der Waals surface area contributed by atoms with Crippen LogP contribution in [0.4, 0.5) is 17.6 Å². The van der Waals surface area contributed by atoms with Crippen molar-refractivity contribution in [3.63, 3.8) is 0 Å². The lowest BCUT2D eigenvalue weighted by Crippen LogP contribution is -2.50. The highest BCUT2D eigenvalue weighted by molar-refractivity contribution is 5.30. The summed E-state index contributed by atoms with van der Waals surface area (Å²) >= 11 is 0.